The smallest absolute Gasteiger partial charge is 0.0298 e. The summed E-state index contributed by atoms with van der Waals surface area (Å²) in [5.74, 6) is 1.80. The van der Waals surface area contributed by atoms with E-state index >= 15 is 0 Å². The zero-order chi connectivity index (χ0) is 10.5. The first-order valence-corrected chi connectivity index (χ1v) is 6.04. The number of rotatable bonds is 6. The fourth-order valence-corrected chi connectivity index (χ4v) is 3.02. The molecule has 0 saturated heterocycles. The number of hydrogen-bond acceptors (Lipinski definition) is 0. The second-order valence-electron chi connectivity index (χ2n) is 4.85. The molecule has 0 unspecified atom stereocenters. The van der Waals surface area contributed by atoms with Crippen LogP contribution in [0.1, 0.15) is 67.2 Å². The van der Waals surface area contributed by atoms with Gasteiger partial charge in [-0.2, -0.15) is 0 Å². The van der Waals surface area contributed by atoms with Gasteiger partial charge in [0.1, 0.15) is 0 Å². The molecule has 0 bridgehead atoms. The highest BCUT2D eigenvalue weighted by Gasteiger charge is 2.32. The molecule has 0 aromatic rings. The molecule has 0 aromatic carbocycles. The Morgan fingerprint density at radius 2 is 0.923 bits per heavy atom. The van der Waals surface area contributed by atoms with Gasteiger partial charge in [-0.15, -0.1) is 0 Å². The molecule has 0 heteroatoms. The van der Waals surface area contributed by atoms with Gasteiger partial charge >= 0.3 is 0 Å². The zero-order valence-electron chi connectivity index (χ0n) is 10.5. The van der Waals surface area contributed by atoms with E-state index < -0.39 is 0 Å². The topological polar surface area (TPSA) is 0 Å². The lowest BCUT2D eigenvalue weighted by Gasteiger charge is -2.40. The Bertz CT molecular complexity index is 102. The molecule has 0 aliphatic rings. The van der Waals surface area contributed by atoms with E-state index in [4.69, 9.17) is 0 Å². The Balaban J connectivity index is 4.48. The Kier molecular flexibility index (Phi) is 5.67. The lowest BCUT2D eigenvalue weighted by molar-refractivity contribution is 0.0992. The van der Waals surface area contributed by atoms with E-state index in [1.54, 1.807) is 0 Å². The Morgan fingerprint density at radius 1 is 0.692 bits per heavy atom. The molecule has 0 amide bonds. The van der Waals surface area contributed by atoms with Crippen molar-refractivity contribution in [2.24, 2.45) is 17.3 Å². The fraction of sp³-hybridized carbons (Fsp3) is 1.00. The average molecular weight is 184 g/mol. The minimum absolute atomic E-state index is 0.535. The van der Waals surface area contributed by atoms with Gasteiger partial charge in [0.25, 0.3) is 0 Å². The SMILES string of the molecule is CCC(CC)C(C)(C)C(CC)CC. The second-order valence-corrected chi connectivity index (χ2v) is 4.85. The molecular weight excluding hydrogens is 156 g/mol. The van der Waals surface area contributed by atoms with E-state index in [1.165, 1.54) is 25.7 Å². The molecule has 0 aromatic heterocycles. The van der Waals surface area contributed by atoms with Crippen molar-refractivity contribution >= 4 is 0 Å². The van der Waals surface area contributed by atoms with Gasteiger partial charge in [-0.1, -0.05) is 67.2 Å². The Morgan fingerprint density at radius 3 is 1.08 bits per heavy atom. The van der Waals surface area contributed by atoms with Gasteiger partial charge in [0, 0.05) is 0 Å². The molecule has 0 fully saturated rings. The lowest BCUT2D eigenvalue weighted by Crippen LogP contribution is -2.31. The van der Waals surface area contributed by atoms with Crippen LogP contribution in [0.2, 0.25) is 0 Å². The van der Waals surface area contributed by atoms with Gasteiger partial charge in [-0.3, -0.25) is 0 Å². The van der Waals surface area contributed by atoms with Crippen LogP contribution in [-0.2, 0) is 0 Å². The van der Waals surface area contributed by atoms with Crippen LogP contribution < -0.4 is 0 Å². The summed E-state index contributed by atoms with van der Waals surface area (Å²) in [6.07, 6.45) is 5.33. The first kappa shape index (κ1) is 13.0. The van der Waals surface area contributed by atoms with E-state index in [0.717, 1.165) is 11.8 Å². The van der Waals surface area contributed by atoms with Gasteiger partial charge in [0.05, 0.1) is 0 Å². The third-order valence-corrected chi connectivity index (χ3v) is 4.08. The highest BCUT2D eigenvalue weighted by atomic mass is 14.4. The predicted octanol–water partition coefficient (Wildman–Crippen LogP) is 4.89. The summed E-state index contributed by atoms with van der Waals surface area (Å²) in [5, 5.41) is 0. The van der Waals surface area contributed by atoms with Gasteiger partial charge in [0.15, 0.2) is 0 Å². The van der Waals surface area contributed by atoms with Crippen molar-refractivity contribution in [3.63, 3.8) is 0 Å². The van der Waals surface area contributed by atoms with Gasteiger partial charge in [-0.25, -0.2) is 0 Å². The fourth-order valence-electron chi connectivity index (χ4n) is 3.02. The van der Waals surface area contributed by atoms with Gasteiger partial charge in [-0.05, 0) is 17.3 Å². The summed E-state index contributed by atoms with van der Waals surface area (Å²) in [6, 6.07) is 0. The highest BCUT2D eigenvalue weighted by Crippen LogP contribution is 2.42. The van der Waals surface area contributed by atoms with Crippen LogP contribution in [0.25, 0.3) is 0 Å². The molecule has 13 heavy (non-hydrogen) atoms. The largest absolute Gasteiger partial charge is 0.0651 e. The second kappa shape index (κ2) is 5.67. The van der Waals surface area contributed by atoms with Crippen LogP contribution in [0.3, 0.4) is 0 Å². The summed E-state index contributed by atoms with van der Waals surface area (Å²) < 4.78 is 0. The monoisotopic (exact) mass is 184 g/mol. The quantitative estimate of drug-likeness (QED) is 0.551. The van der Waals surface area contributed by atoms with E-state index in [0.29, 0.717) is 5.41 Å². The maximum absolute atomic E-state index is 2.46. The van der Waals surface area contributed by atoms with Crippen molar-refractivity contribution in [2.75, 3.05) is 0 Å². The third kappa shape index (κ3) is 3.00. The van der Waals surface area contributed by atoms with Crippen molar-refractivity contribution < 1.29 is 0 Å². The van der Waals surface area contributed by atoms with Crippen LogP contribution in [0.4, 0.5) is 0 Å². The van der Waals surface area contributed by atoms with Crippen LogP contribution in [0, 0.1) is 17.3 Å². The Hall–Kier alpha value is 0. The van der Waals surface area contributed by atoms with E-state index in [-0.39, 0.29) is 0 Å². The van der Waals surface area contributed by atoms with E-state index in [2.05, 4.69) is 41.5 Å². The Labute approximate surface area is 85.1 Å². The molecule has 0 heterocycles. The molecule has 0 aliphatic heterocycles. The van der Waals surface area contributed by atoms with E-state index in [1.807, 2.05) is 0 Å². The van der Waals surface area contributed by atoms with E-state index in [9.17, 15) is 0 Å². The van der Waals surface area contributed by atoms with Gasteiger partial charge < -0.3 is 0 Å². The summed E-state index contributed by atoms with van der Waals surface area (Å²) in [4.78, 5) is 0. The zero-order valence-corrected chi connectivity index (χ0v) is 10.5. The summed E-state index contributed by atoms with van der Waals surface area (Å²) >= 11 is 0. The van der Waals surface area contributed by atoms with Crippen LogP contribution in [-0.4, -0.2) is 0 Å². The van der Waals surface area contributed by atoms with Crippen LogP contribution >= 0.6 is 0 Å². The third-order valence-electron chi connectivity index (χ3n) is 4.08. The summed E-state index contributed by atoms with van der Waals surface area (Å²) in [6.45, 7) is 14.2. The van der Waals surface area contributed by atoms with Crippen molar-refractivity contribution in [2.45, 2.75) is 67.2 Å². The molecule has 0 saturated carbocycles. The average Bonchev–Trinajstić information content (AvgIpc) is 2.07. The molecule has 0 nitrogen and oxygen atoms in total. The minimum atomic E-state index is 0.535. The molecule has 0 rings (SSSR count). The number of hydrogen-bond donors (Lipinski definition) is 0. The van der Waals surface area contributed by atoms with Crippen molar-refractivity contribution in [3.8, 4) is 0 Å². The molecule has 80 valence electrons. The first-order valence-electron chi connectivity index (χ1n) is 6.04. The van der Waals surface area contributed by atoms with Crippen molar-refractivity contribution in [3.05, 3.63) is 0 Å². The summed E-state index contributed by atoms with van der Waals surface area (Å²) in [7, 11) is 0. The summed E-state index contributed by atoms with van der Waals surface area (Å²) in [5.41, 5.74) is 0.535. The maximum atomic E-state index is 2.46. The molecule has 0 aliphatic carbocycles. The molecule has 0 N–H and O–H groups in total. The normalized spacial score (nSPS) is 12.9. The molecular formula is C13H28. The van der Waals surface area contributed by atoms with Crippen LogP contribution in [0.15, 0.2) is 0 Å². The minimum Gasteiger partial charge on any atom is -0.0651 e. The van der Waals surface area contributed by atoms with Crippen LogP contribution in [0.5, 0.6) is 0 Å². The van der Waals surface area contributed by atoms with Gasteiger partial charge in [0.2, 0.25) is 0 Å². The molecule has 0 radical (unpaired) electrons. The lowest BCUT2D eigenvalue weighted by atomic mass is 9.65. The maximum Gasteiger partial charge on any atom is -0.0298 e. The van der Waals surface area contributed by atoms with Crippen molar-refractivity contribution in [1.82, 2.24) is 0 Å². The molecule has 0 atom stereocenters. The highest BCUT2D eigenvalue weighted by molar-refractivity contribution is 4.82. The predicted molar refractivity (Wildman–Crippen MR) is 61.9 cm³/mol. The standard InChI is InChI=1S/C13H28/c1-7-11(8-2)13(5,6)12(9-3)10-4/h11-12H,7-10H2,1-6H3. The van der Waals surface area contributed by atoms with Crippen molar-refractivity contribution in [1.29, 1.82) is 0 Å². The molecule has 0 spiro atoms. The first-order chi connectivity index (χ1) is 6.04.